The van der Waals surface area contributed by atoms with Crippen molar-refractivity contribution in [1.82, 2.24) is 0 Å². The molecule has 0 aliphatic heterocycles. The lowest BCUT2D eigenvalue weighted by Gasteiger charge is -2.18. The van der Waals surface area contributed by atoms with E-state index >= 15 is 0 Å². The highest BCUT2D eigenvalue weighted by Gasteiger charge is 2.35. The van der Waals surface area contributed by atoms with Gasteiger partial charge in [0.05, 0.1) is 5.56 Å². The largest absolute Gasteiger partial charge is 0.416 e. The number of alkyl halides is 3. The topological polar surface area (TPSA) is 20.2 Å². The molecule has 0 saturated carbocycles. The first kappa shape index (κ1) is 15.4. The molecule has 2 rings (SSSR count). The van der Waals surface area contributed by atoms with E-state index in [-0.39, 0.29) is 5.56 Å². The number of aliphatic hydroxyl groups is 1. The Labute approximate surface area is 117 Å². The molecule has 0 saturated heterocycles. The Morgan fingerprint density at radius 3 is 2.19 bits per heavy atom. The SMILES string of the molecule is Cc1cc(C(O)c2ccccc2C(F)(F)F)c(F)cc1F. The van der Waals surface area contributed by atoms with E-state index in [9.17, 15) is 27.1 Å². The number of hydrogen-bond donors (Lipinski definition) is 1. The van der Waals surface area contributed by atoms with E-state index < -0.39 is 40.6 Å². The maximum Gasteiger partial charge on any atom is 0.416 e. The molecule has 0 aromatic heterocycles. The molecule has 2 aromatic carbocycles. The van der Waals surface area contributed by atoms with Crippen molar-refractivity contribution in [3.63, 3.8) is 0 Å². The van der Waals surface area contributed by atoms with Crippen molar-refractivity contribution >= 4 is 0 Å². The summed E-state index contributed by atoms with van der Waals surface area (Å²) in [5, 5.41) is 10.1. The molecule has 2 aromatic rings. The van der Waals surface area contributed by atoms with Crippen molar-refractivity contribution in [2.45, 2.75) is 19.2 Å². The van der Waals surface area contributed by atoms with Gasteiger partial charge in [-0.15, -0.1) is 0 Å². The molecule has 0 fully saturated rings. The van der Waals surface area contributed by atoms with E-state index in [0.717, 1.165) is 18.2 Å². The normalized spacial score (nSPS) is 13.3. The van der Waals surface area contributed by atoms with Gasteiger partial charge in [0.25, 0.3) is 0 Å². The van der Waals surface area contributed by atoms with Crippen LogP contribution in [0.5, 0.6) is 0 Å². The van der Waals surface area contributed by atoms with Crippen LogP contribution < -0.4 is 0 Å². The molecule has 1 unspecified atom stereocenters. The van der Waals surface area contributed by atoms with Crippen LogP contribution in [0.1, 0.15) is 28.4 Å². The molecule has 6 heteroatoms. The lowest BCUT2D eigenvalue weighted by molar-refractivity contribution is -0.139. The number of hydrogen-bond acceptors (Lipinski definition) is 1. The minimum Gasteiger partial charge on any atom is -0.384 e. The third-order valence-electron chi connectivity index (χ3n) is 3.13. The average Bonchev–Trinajstić information content (AvgIpc) is 2.41. The van der Waals surface area contributed by atoms with Crippen LogP contribution in [0.25, 0.3) is 0 Å². The molecule has 0 aliphatic rings. The van der Waals surface area contributed by atoms with Crippen LogP contribution in [0.15, 0.2) is 36.4 Å². The van der Waals surface area contributed by atoms with Crippen molar-refractivity contribution < 1.29 is 27.1 Å². The van der Waals surface area contributed by atoms with Crippen molar-refractivity contribution in [3.8, 4) is 0 Å². The van der Waals surface area contributed by atoms with E-state index in [0.29, 0.717) is 6.07 Å². The summed E-state index contributed by atoms with van der Waals surface area (Å²) >= 11 is 0. The summed E-state index contributed by atoms with van der Waals surface area (Å²) < 4.78 is 65.6. The summed E-state index contributed by atoms with van der Waals surface area (Å²) in [6.07, 6.45) is -6.51. The van der Waals surface area contributed by atoms with Gasteiger partial charge in [0, 0.05) is 11.6 Å². The lowest BCUT2D eigenvalue weighted by Crippen LogP contribution is -2.13. The maximum atomic E-state index is 13.7. The van der Waals surface area contributed by atoms with Gasteiger partial charge in [0.15, 0.2) is 0 Å². The number of aliphatic hydroxyl groups excluding tert-OH is 1. The molecule has 1 atom stereocenters. The summed E-state index contributed by atoms with van der Waals surface area (Å²) in [5.74, 6) is -1.92. The molecular formula is C15H11F5O. The highest BCUT2D eigenvalue weighted by molar-refractivity contribution is 5.39. The summed E-state index contributed by atoms with van der Waals surface area (Å²) in [7, 11) is 0. The Hall–Kier alpha value is -1.95. The summed E-state index contributed by atoms with van der Waals surface area (Å²) in [6.45, 7) is 1.33. The van der Waals surface area contributed by atoms with Gasteiger partial charge in [-0.1, -0.05) is 18.2 Å². The summed E-state index contributed by atoms with van der Waals surface area (Å²) in [5.41, 5.74) is -1.89. The van der Waals surface area contributed by atoms with E-state index in [1.165, 1.54) is 19.1 Å². The highest BCUT2D eigenvalue weighted by atomic mass is 19.4. The molecule has 0 spiro atoms. The van der Waals surface area contributed by atoms with Gasteiger partial charge in [-0.05, 0) is 30.2 Å². The third-order valence-corrected chi connectivity index (χ3v) is 3.13. The van der Waals surface area contributed by atoms with Crippen molar-refractivity contribution in [1.29, 1.82) is 0 Å². The number of rotatable bonds is 2. The summed E-state index contributed by atoms with van der Waals surface area (Å²) in [4.78, 5) is 0. The second kappa shape index (κ2) is 5.44. The van der Waals surface area contributed by atoms with Crippen LogP contribution in [0.3, 0.4) is 0 Å². The van der Waals surface area contributed by atoms with Crippen molar-refractivity contribution in [2.75, 3.05) is 0 Å². The molecule has 1 nitrogen and oxygen atoms in total. The molecule has 0 radical (unpaired) electrons. The Morgan fingerprint density at radius 2 is 1.57 bits per heavy atom. The molecule has 0 heterocycles. The predicted molar refractivity (Wildman–Crippen MR) is 66.6 cm³/mol. The molecule has 0 aliphatic carbocycles. The van der Waals surface area contributed by atoms with E-state index in [1.807, 2.05) is 0 Å². The molecular weight excluding hydrogens is 291 g/mol. The van der Waals surface area contributed by atoms with Crippen molar-refractivity contribution in [3.05, 3.63) is 70.3 Å². The van der Waals surface area contributed by atoms with Crippen LogP contribution in [0.2, 0.25) is 0 Å². The zero-order chi connectivity index (χ0) is 15.8. The second-order valence-corrected chi connectivity index (χ2v) is 4.61. The summed E-state index contributed by atoms with van der Waals surface area (Å²) in [6, 6.07) is 5.89. The monoisotopic (exact) mass is 302 g/mol. The van der Waals surface area contributed by atoms with Gasteiger partial charge < -0.3 is 5.11 Å². The van der Waals surface area contributed by atoms with Gasteiger partial charge in [0.1, 0.15) is 17.7 Å². The van der Waals surface area contributed by atoms with Crippen LogP contribution in [0.4, 0.5) is 22.0 Å². The number of benzene rings is 2. The Kier molecular flexibility index (Phi) is 4.00. The minimum atomic E-state index is -4.68. The predicted octanol–water partition coefficient (Wildman–Crippen LogP) is 4.37. The fourth-order valence-electron chi connectivity index (χ4n) is 2.05. The Morgan fingerprint density at radius 1 is 0.952 bits per heavy atom. The number of halogens is 5. The smallest absolute Gasteiger partial charge is 0.384 e. The molecule has 1 N–H and O–H groups in total. The zero-order valence-electron chi connectivity index (χ0n) is 10.9. The van der Waals surface area contributed by atoms with E-state index in [2.05, 4.69) is 0 Å². The standard InChI is InChI=1S/C15H11F5O/c1-8-6-10(13(17)7-12(8)16)14(21)9-4-2-3-5-11(9)15(18,19)20/h2-7,14,21H,1H3. The fraction of sp³-hybridized carbons (Fsp3) is 0.200. The van der Waals surface area contributed by atoms with Crippen LogP contribution in [-0.4, -0.2) is 5.11 Å². The van der Waals surface area contributed by atoms with Gasteiger partial charge in [0.2, 0.25) is 0 Å². The van der Waals surface area contributed by atoms with E-state index in [4.69, 9.17) is 0 Å². The van der Waals surface area contributed by atoms with Crippen LogP contribution >= 0.6 is 0 Å². The lowest BCUT2D eigenvalue weighted by atomic mass is 9.95. The van der Waals surface area contributed by atoms with E-state index in [1.54, 1.807) is 0 Å². The van der Waals surface area contributed by atoms with Crippen LogP contribution in [-0.2, 0) is 6.18 Å². The second-order valence-electron chi connectivity index (χ2n) is 4.61. The zero-order valence-corrected chi connectivity index (χ0v) is 10.9. The Bertz CT molecular complexity index is 664. The van der Waals surface area contributed by atoms with Gasteiger partial charge >= 0.3 is 6.18 Å². The third kappa shape index (κ3) is 3.05. The van der Waals surface area contributed by atoms with Gasteiger partial charge in [-0.2, -0.15) is 13.2 Å². The molecule has 112 valence electrons. The molecule has 21 heavy (non-hydrogen) atoms. The van der Waals surface area contributed by atoms with Crippen molar-refractivity contribution in [2.24, 2.45) is 0 Å². The maximum absolute atomic E-state index is 13.7. The van der Waals surface area contributed by atoms with Gasteiger partial charge in [-0.25, -0.2) is 8.78 Å². The fourth-order valence-corrected chi connectivity index (χ4v) is 2.05. The average molecular weight is 302 g/mol. The minimum absolute atomic E-state index is 0.0370. The quantitative estimate of drug-likeness (QED) is 0.817. The Balaban J connectivity index is 2.56. The highest BCUT2D eigenvalue weighted by Crippen LogP contribution is 2.37. The van der Waals surface area contributed by atoms with Crippen LogP contribution in [0, 0.1) is 18.6 Å². The molecule has 0 amide bonds. The first-order chi connectivity index (χ1) is 9.71. The molecule has 0 bridgehead atoms. The first-order valence-corrected chi connectivity index (χ1v) is 6.01. The number of aryl methyl sites for hydroxylation is 1. The van der Waals surface area contributed by atoms with Gasteiger partial charge in [-0.3, -0.25) is 0 Å². The first-order valence-electron chi connectivity index (χ1n) is 6.01.